The predicted molar refractivity (Wildman–Crippen MR) is 38.7 cm³/mol. The van der Waals surface area contributed by atoms with Crippen LogP contribution in [0.5, 0.6) is 0 Å². The average Bonchev–Trinajstić information content (AvgIpc) is 2.18. The van der Waals surface area contributed by atoms with Gasteiger partial charge in [0.25, 0.3) is 0 Å². The first-order valence-corrected chi connectivity index (χ1v) is 3.34. The van der Waals surface area contributed by atoms with Gasteiger partial charge in [-0.3, -0.25) is 5.41 Å². The molecule has 1 aliphatic rings. The molecular weight excluding hydrogens is 112 g/mol. The molecule has 0 fully saturated rings. The molecule has 1 heterocycles. The highest BCUT2D eigenvalue weighted by molar-refractivity contribution is 5.92. The number of hydrogen-bond acceptors (Lipinski definition) is 1. The Morgan fingerprint density at radius 3 is 3.00 bits per heavy atom. The van der Waals surface area contributed by atoms with E-state index in [9.17, 15) is 0 Å². The third-order valence-electron chi connectivity index (χ3n) is 1.44. The van der Waals surface area contributed by atoms with E-state index in [1.165, 1.54) is 0 Å². The van der Waals surface area contributed by atoms with Gasteiger partial charge in [0, 0.05) is 13.1 Å². The van der Waals surface area contributed by atoms with Crippen molar-refractivity contribution in [1.29, 1.82) is 5.41 Å². The molecule has 0 atom stereocenters. The van der Waals surface area contributed by atoms with Gasteiger partial charge in [0.2, 0.25) is 0 Å². The first kappa shape index (κ1) is 6.33. The Balaban J connectivity index is 2.37. The molecule has 0 amide bonds. The largest absolute Gasteiger partial charge is 0.353 e. The Hall–Kier alpha value is -0.790. The average molecular weight is 124 g/mol. The molecule has 9 heavy (non-hydrogen) atoms. The minimum atomic E-state index is 0.664. The molecule has 50 valence electrons. The monoisotopic (exact) mass is 124 g/mol. The highest BCUT2D eigenvalue weighted by atomic mass is 15.2. The molecule has 0 aliphatic carbocycles. The van der Waals surface area contributed by atoms with Crippen molar-refractivity contribution < 1.29 is 0 Å². The third-order valence-corrected chi connectivity index (χ3v) is 1.44. The fraction of sp³-hybridized carbons (Fsp3) is 0.571. The molecule has 1 aliphatic heterocycles. The van der Waals surface area contributed by atoms with Gasteiger partial charge >= 0.3 is 0 Å². The molecule has 0 unspecified atom stereocenters. The number of nitrogens with one attached hydrogen (secondary N) is 1. The van der Waals surface area contributed by atoms with E-state index >= 15 is 0 Å². The third kappa shape index (κ3) is 1.31. The van der Waals surface area contributed by atoms with Gasteiger partial charge in [-0.05, 0) is 12.5 Å². The Kier molecular flexibility index (Phi) is 1.88. The molecule has 0 aromatic rings. The molecule has 0 bridgehead atoms. The number of hydrogen-bond donors (Lipinski definition) is 1. The van der Waals surface area contributed by atoms with Crippen molar-refractivity contribution in [3.05, 3.63) is 12.2 Å². The van der Waals surface area contributed by atoms with E-state index in [0.717, 1.165) is 19.5 Å². The first-order chi connectivity index (χ1) is 4.34. The Morgan fingerprint density at radius 1 is 1.78 bits per heavy atom. The summed E-state index contributed by atoms with van der Waals surface area (Å²) in [6, 6.07) is 0. The smallest absolute Gasteiger partial charge is 0.120 e. The maximum Gasteiger partial charge on any atom is 0.120 e. The Labute approximate surface area is 55.7 Å². The summed E-state index contributed by atoms with van der Waals surface area (Å²) in [5.74, 6) is 0.664. The molecule has 2 nitrogen and oxygen atoms in total. The van der Waals surface area contributed by atoms with E-state index in [1.54, 1.807) is 0 Å². The summed E-state index contributed by atoms with van der Waals surface area (Å²) >= 11 is 0. The van der Waals surface area contributed by atoms with Crippen LogP contribution < -0.4 is 0 Å². The van der Waals surface area contributed by atoms with Crippen molar-refractivity contribution in [1.82, 2.24) is 4.90 Å². The summed E-state index contributed by atoms with van der Waals surface area (Å²) < 4.78 is 0. The van der Waals surface area contributed by atoms with Crippen LogP contribution in [0.25, 0.3) is 0 Å². The molecule has 0 aromatic heterocycles. The zero-order valence-electron chi connectivity index (χ0n) is 5.72. The minimum Gasteiger partial charge on any atom is -0.353 e. The maximum absolute atomic E-state index is 7.35. The van der Waals surface area contributed by atoms with E-state index in [0.29, 0.717) is 5.84 Å². The molecule has 0 saturated heterocycles. The van der Waals surface area contributed by atoms with Gasteiger partial charge in [-0.25, -0.2) is 0 Å². The van der Waals surface area contributed by atoms with Crippen LogP contribution in [0.4, 0.5) is 0 Å². The summed E-state index contributed by atoms with van der Waals surface area (Å²) in [5, 5.41) is 7.35. The van der Waals surface area contributed by atoms with E-state index in [4.69, 9.17) is 5.41 Å². The highest BCUT2D eigenvalue weighted by Crippen LogP contribution is 2.01. The van der Waals surface area contributed by atoms with Gasteiger partial charge in [-0.1, -0.05) is 13.0 Å². The van der Waals surface area contributed by atoms with E-state index < -0.39 is 0 Å². The van der Waals surface area contributed by atoms with Crippen LogP contribution in [0.15, 0.2) is 12.2 Å². The summed E-state index contributed by atoms with van der Waals surface area (Å²) in [6.45, 7) is 4.09. The quantitative estimate of drug-likeness (QED) is 0.589. The van der Waals surface area contributed by atoms with Crippen molar-refractivity contribution in [2.75, 3.05) is 13.1 Å². The maximum atomic E-state index is 7.35. The molecule has 2 heteroatoms. The van der Waals surface area contributed by atoms with Crippen molar-refractivity contribution in [3.63, 3.8) is 0 Å². The zero-order chi connectivity index (χ0) is 6.69. The summed E-state index contributed by atoms with van der Waals surface area (Å²) in [7, 11) is 0. The van der Waals surface area contributed by atoms with E-state index in [2.05, 4.69) is 11.8 Å². The van der Waals surface area contributed by atoms with Gasteiger partial charge in [0.15, 0.2) is 0 Å². The van der Waals surface area contributed by atoms with Crippen LogP contribution in [0.2, 0.25) is 0 Å². The van der Waals surface area contributed by atoms with Crippen molar-refractivity contribution in [2.45, 2.75) is 13.3 Å². The SMILES string of the molecule is CCCN1CC=CC1=N. The lowest BCUT2D eigenvalue weighted by molar-refractivity contribution is 0.470. The van der Waals surface area contributed by atoms with E-state index in [1.807, 2.05) is 12.2 Å². The van der Waals surface area contributed by atoms with Gasteiger partial charge in [0.05, 0.1) is 0 Å². The predicted octanol–water partition coefficient (Wildman–Crippen LogP) is 1.25. The first-order valence-electron chi connectivity index (χ1n) is 3.34. The van der Waals surface area contributed by atoms with Crippen LogP contribution in [-0.2, 0) is 0 Å². The summed E-state index contributed by atoms with van der Waals surface area (Å²) in [4.78, 5) is 2.06. The van der Waals surface area contributed by atoms with Crippen molar-refractivity contribution in [2.24, 2.45) is 0 Å². The van der Waals surface area contributed by atoms with Crippen LogP contribution in [-0.4, -0.2) is 23.8 Å². The van der Waals surface area contributed by atoms with Crippen molar-refractivity contribution in [3.8, 4) is 0 Å². The second-order valence-corrected chi connectivity index (χ2v) is 2.23. The lowest BCUT2D eigenvalue weighted by Crippen LogP contribution is -2.25. The number of nitrogens with zero attached hydrogens (tertiary/aromatic N) is 1. The lowest BCUT2D eigenvalue weighted by atomic mass is 10.4. The fourth-order valence-corrected chi connectivity index (χ4v) is 0.977. The zero-order valence-corrected chi connectivity index (χ0v) is 5.72. The van der Waals surface area contributed by atoms with E-state index in [-0.39, 0.29) is 0 Å². The van der Waals surface area contributed by atoms with Gasteiger partial charge in [-0.2, -0.15) is 0 Å². The number of amidine groups is 1. The molecular formula is C7H12N2. The van der Waals surface area contributed by atoms with Crippen LogP contribution in [0.3, 0.4) is 0 Å². The second kappa shape index (κ2) is 2.67. The standard InChI is InChI=1S/C7H12N2/c1-2-5-9-6-3-4-7(9)8/h3-4,8H,2,5-6H2,1H3. The van der Waals surface area contributed by atoms with Gasteiger partial charge in [0.1, 0.15) is 5.84 Å². The molecule has 0 saturated carbocycles. The van der Waals surface area contributed by atoms with Crippen molar-refractivity contribution >= 4 is 5.84 Å². The summed E-state index contributed by atoms with van der Waals surface area (Å²) in [6.07, 6.45) is 5.01. The summed E-state index contributed by atoms with van der Waals surface area (Å²) in [5.41, 5.74) is 0. The van der Waals surface area contributed by atoms with Crippen LogP contribution >= 0.6 is 0 Å². The lowest BCUT2D eigenvalue weighted by Gasteiger charge is -2.15. The molecule has 1 rings (SSSR count). The van der Waals surface area contributed by atoms with Gasteiger partial charge < -0.3 is 4.90 Å². The van der Waals surface area contributed by atoms with Crippen LogP contribution in [0.1, 0.15) is 13.3 Å². The molecule has 0 spiro atoms. The highest BCUT2D eigenvalue weighted by Gasteiger charge is 2.07. The van der Waals surface area contributed by atoms with Crippen LogP contribution in [0, 0.1) is 5.41 Å². The molecule has 0 radical (unpaired) electrons. The fourth-order valence-electron chi connectivity index (χ4n) is 0.977. The molecule has 1 N–H and O–H groups in total. The second-order valence-electron chi connectivity index (χ2n) is 2.23. The van der Waals surface area contributed by atoms with Gasteiger partial charge in [-0.15, -0.1) is 0 Å². The number of rotatable bonds is 2. The Morgan fingerprint density at radius 2 is 2.56 bits per heavy atom. The topological polar surface area (TPSA) is 27.1 Å². The minimum absolute atomic E-state index is 0.664. The molecule has 0 aromatic carbocycles. The Bertz CT molecular complexity index is 138. The normalized spacial score (nSPS) is 17.4.